The van der Waals surface area contributed by atoms with Crippen LogP contribution < -0.4 is 10.2 Å². The van der Waals surface area contributed by atoms with Gasteiger partial charge in [-0.25, -0.2) is 13.7 Å². The second-order valence-corrected chi connectivity index (χ2v) is 6.60. The Kier molecular flexibility index (Phi) is 4.62. The predicted molar refractivity (Wildman–Crippen MR) is 100 cm³/mol. The van der Waals surface area contributed by atoms with E-state index in [1.165, 1.54) is 6.20 Å². The van der Waals surface area contributed by atoms with E-state index in [0.717, 1.165) is 11.1 Å². The molecule has 0 aromatic carbocycles. The van der Waals surface area contributed by atoms with Gasteiger partial charge in [0.2, 0.25) is 0 Å². The Morgan fingerprint density at radius 1 is 1.19 bits per heavy atom. The fourth-order valence-electron chi connectivity index (χ4n) is 3.47. The number of amides is 2. The van der Waals surface area contributed by atoms with Crippen molar-refractivity contribution in [1.29, 1.82) is 0 Å². The number of aromatic nitrogens is 3. The molecular weight excluding hydrogens is 347 g/mol. The highest BCUT2D eigenvalue weighted by atomic mass is 19.1. The normalized spacial score (nSPS) is 15.8. The van der Waals surface area contributed by atoms with Crippen molar-refractivity contribution in [3.8, 4) is 0 Å². The molecule has 4 heterocycles. The first-order valence-electron chi connectivity index (χ1n) is 8.95. The molecule has 0 radical (unpaired) electrons. The van der Waals surface area contributed by atoms with Crippen LogP contribution in [0.1, 0.15) is 18.5 Å². The summed E-state index contributed by atoms with van der Waals surface area (Å²) in [5.74, 6) is -0.335. The van der Waals surface area contributed by atoms with Crippen molar-refractivity contribution < 1.29 is 9.18 Å². The van der Waals surface area contributed by atoms with Crippen molar-refractivity contribution in [2.45, 2.75) is 13.0 Å². The van der Waals surface area contributed by atoms with Gasteiger partial charge in [0.25, 0.3) is 0 Å². The monoisotopic (exact) mass is 368 g/mol. The highest BCUT2D eigenvalue weighted by Crippen LogP contribution is 2.21. The molecule has 1 N–H and O–H groups in total. The maximum Gasteiger partial charge on any atom is 0.317 e. The third kappa shape index (κ3) is 3.42. The Morgan fingerprint density at radius 2 is 2.00 bits per heavy atom. The lowest BCUT2D eigenvalue weighted by Gasteiger charge is -2.36. The Bertz CT molecular complexity index is 950. The summed E-state index contributed by atoms with van der Waals surface area (Å²) in [6, 6.07) is 7.25. The van der Waals surface area contributed by atoms with E-state index in [-0.39, 0.29) is 17.9 Å². The molecule has 27 heavy (non-hydrogen) atoms. The molecule has 1 aliphatic heterocycles. The first kappa shape index (κ1) is 17.3. The molecule has 0 spiro atoms. The summed E-state index contributed by atoms with van der Waals surface area (Å²) in [5, 5.41) is 7.29. The molecule has 0 bridgehead atoms. The molecule has 7 nitrogen and oxygen atoms in total. The molecule has 1 saturated heterocycles. The number of halogens is 1. The molecule has 0 aliphatic carbocycles. The van der Waals surface area contributed by atoms with E-state index in [0.29, 0.717) is 31.9 Å². The van der Waals surface area contributed by atoms with Gasteiger partial charge in [-0.3, -0.25) is 4.98 Å². The Balaban J connectivity index is 1.38. The number of piperazine rings is 1. The molecule has 1 aliphatic rings. The molecule has 140 valence electrons. The largest absolute Gasteiger partial charge is 0.366 e. The number of hydrogen-bond acceptors (Lipinski definition) is 4. The van der Waals surface area contributed by atoms with Crippen LogP contribution in [-0.4, -0.2) is 51.7 Å². The molecule has 8 heteroatoms. The third-order valence-electron chi connectivity index (χ3n) is 4.93. The van der Waals surface area contributed by atoms with Crippen LogP contribution in [0.4, 0.5) is 14.9 Å². The topological polar surface area (TPSA) is 65.8 Å². The van der Waals surface area contributed by atoms with Crippen molar-refractivity contribution in [3.63, 3.8) is 0 Å². The average molecular weight is 368 g/mol. The van der Waals surface area contributed by atoms with E-state index >= 15 is 0 Å². The highest BCUT2D eigenvalue weighted by molar-refractivity contribution is 5.75. The minimum atomic E-state index is -0.335. The lowest BCUT2D eigenvalue weighted by atomic mass is 10.1. The number of fused-ring (bicyclic) bond motifs is 1. The van der Waals surface area contributed by atoms with Gasteiger partial charge >= 0.3 is 6.03 Å². The summed E-state index contributed by atoms with van der Waals surface area (Å²) in [6.07, 6.45) is 6.42. The summed E-state index contributed by atoms with van der Waals surface area (Å²) >= 11 is 0. The molecule has 0 saturated carbocycles. The summed E-state index contributed by atoms with van der Waals surface area (Å²) < 4.78 is 15.7. The first-order valence-corrected chi connectivity index (χ1v) is 8.95. The van der Waals surface area contributed by atoms with Crippen molar-refractivity contribution in [2.24, 2.45) is 0 Å². The van der Waals surface area contributed by atoms with Crippen LogP contribution in [-0.2, 0) is 0 Å². The summed E-state index contributed by atoms with van der Waals surface area (Å²) in [4.78, 5) is 20.1. The molecule has 3 aromatic rings. The smallest absolute Gasteiger partial charge is 0.317 e. The standard InChI is InChI=1S/C19H21FN6O/c1-14(15-3-2-8-26-17(15)5-7-22-26)23-19(27)25-11-9-24(10-12-25)18-4-6-21-13-16(18)20/h2-8,13-14H,9-12H2,1H3,(H,23,27). The van der Waals surface area contributed by atoms with Crippen LogP contribution in [0.15, 0.2) is 49.1 Å². The summed E-state index contributed by atoms with van der Waals surface area (Å²) in [7, 11) is 0. The fraction of sp³-hybridized carbons (Fsp3) is 0.316. The van der Waals surface area contributed by atoms with Gasteiger partial charge in [0.1, 0.15) is 0 Å². The van der Waals surface area contributed by atoms with Gasteiger partial charge in [0, 0.05) is 44.8 Å². The zero-order valence-corrected chi connectivity index (χ0v) is 15.0. The number of carbonyl (C=O) groups is 1. The van der Waals surface area contributed by atoms with Crippen LogP contribution in [0.2, 0.25) is 0 Å². The van der Waals surface area contributed by atoms with Crippen molar-refractivity contribution in [3.05, 3.63) is 60.4 Å². The van der Waals surface area contributed by atoms with Gasteiger partial charge in [0.05, 0.1) is 23.4 Å². The number of hydrogen-bond donors (Lipinski definition) is 1. The van der Waals surface area contributed by atoms with E-state index < -0.39 is 0 Å². The van der Waals surface area contributed by atoms with Gasteiger partial charge in [0.15, 0.2) is 5.82 Å². The number of rotatable bonds is 3. The van der Waals surface area contributed by atoms with Crippen LogP contribution >= 0.6 is 0 Å². The zero-order chi connectivity index (χ0) is 18.8. The molecule has 4 rings (SSSR count). The van der Waals surface area contributed by atoms with Crippen LogP contribution in [0.3, 0.4) is 0 Å². The van der Waals surface area contributed by atoms with E-state index in [1.54, 1.807) is 27.9 Å². The minimum Gasteiger partial charge on any atom is -0.366 e. The van der Waals surface area contributed by atoms with Crippen LogP contribution in [0.5, 0.6) is 0 Å². The maximum absolute atomic E-state index is 13.9. The van der Waals surface area contributed by atoms with Gasteiger partial charge in [-0.2, -0.15) is 5.10 Å². The molecule has 1 fully saturated rings. The van der Waals surface area contributed by atoms with E-state index in [4.69, 9.17) is 0 Å². The second kappa shape index (κ2) is 7.22. The highest BCUT2D eigenvalue weighted by Gasteiger charge is 2.24. The number of urea groups is 1. The third-order valence-corrected chi connectivity index (χ3v) is 4.93. The molecule has 2 amide bonds. The number of anilines is 1. The number of carbonyl (C=O) groups excluding carboxylic acids is 1. The summed E-state index contributed by atoms with van der Waals surface area (Å²) in [6.45, 7) is 4.21. The maximum atomic E-state index is 13.9. The van der Waals surface area contributed by atoms with Crippen LogP contribution in [0.25, 0.3) is 5.52 Å². The zero-order valence-electron chi connectivity index (χ0n) is 15.0. The predicted octanol–water partition coefficient (Wildman–Crippen LogP) is 2.46. The Hall–Kier alpha value is -3.16. The fourth-order valence-corrected chi connectivity index (χ4v) is 3.47. The molecule has 1 atom stereocenters. The van der Waals surface area contributed by atoms with Gasteiger partial charge in [-0.15, -0.1) is 0 Å². The van der Waals surface area contributed by atoms with E-state index in [1.807, 2.05) is 36.2 Å². The van der Waals surface area contributed by atoms with E-state index in [2.05, 4.69) is 15.4 Å². The first-order chi connectivity index (χ1) is 13.1. The molecule has 1 unspecified atom stereocenters. The second-order valence-electron chi connectivity index (χ2n) is 6.60. The number of nitrogens with one attached hydrogen (secondary N) is 1. The van der Waals surface area contributed by atoms with Crippen molar-refractivity contribution in [1.82, 2.24) is 24.8 Å². The number of pyridine rings is 2. The number of nitrogens with zero attached hydrogens (tertiary/aromatic N) is 5. The average Bonchev–Trinajstić information content (AvgIpc) is 3.17. The molecular formula is C19H21FN6O. The van der Waals surface area contributed by atoms with Gasteiger partial charge < -0.3 is 15.1 Å². The summed E-state index contributed by atoms with van der Waals surface area (Å²) in [5.41, 5.74) is 2.52. The lowest BCUT2D eigenvalue weighted by molar-refractivity contribution is 0.191. The van der Waals surface area contributed by atoms with Crippen molar-refractivity contribution in [2.75, 3.05) is 31.1 Å². The molecule has 3 aromatic heterocycles. The minimum absolute atomic E-state index is 0.112. The van der Waals surface area contributed by atoms with Crippen LogP contribution in [0, 0.1) is 5.82 Å². The SMILES string of the molecule is CC(NC(=O)N1CCN(c2ccncc2F)CC1)c1cccn2nccc12. The Labute approximate surface area is 156 Å². The lowest BCUT2D eigenvalue weighted by Crippen LogP contribution is -2.52. The van der Waals surface area contributed by atoms with Gasteiger partial charge in [-0.1, -0.05) is 6.07 Å². The van der Waals surface area contributed by atoms with E-state index in [9.17, 15) is 9.18 Å². The quantitative estimate of drug-likeness (QED) is 0.771. The van der Waals surface area contributed by atoms with Crippen molar-refractivity contribution >= 4 is 17.2 Å². The Morgan fingerprint density at radius 3 is 2.78 bits per heavy atom. The van der Waals surface area contributed by atoms with Gasteiger partial charge in [-0.05, 0) is 30.7 Å².